The molecule has 138 valence electrons. The van der Waals surface area contributed by atoms with Crippen molar-refractivity contribution in [1.29, 1.82) is 0 Å². The highest BCUT2D eigenvalue weighted by molar-refractivity contribution is 5.68. The molecule has 0 atom stereocenters. The number of hydrogen-bond donors (Lipinski definition) is 1. The Hall–Kier alpha value is -2.00. The first-order valence-corrected chi connectivity index (χ1v) is 8.97. The molecule has 1 aromatic rings. The molecule has 2 heterocycles. The van der Waals surface area contributed by atoms with E-state index in [0.717, 1.165) is 42.8 Å². The third-order valence-electron chi connectivity index (χ3n) is 3.99. The van der Waals surface area contributed by atoms with Crippen LogP contribution in [-0.2, 0) is 30.9 Å². The Labute approximate surface area is 150 Å². The number of aliphatic hydroxyl groups is 1. The zero-order chi connectivity index (χ0) is 18.4. The summed E-state index contributed by atoms with van der Waals surface area (Å²) in [6, 6.07) is 0. The number of fused-ring (bicyclic) bond motifs is 1. The summed E-state index contributed by atoms with van der Waals surface area (Å²) in [5.41, 5.74) is 2.22. The summed E-state index contributed by atoms with van der Waals surface area (Å²) >= 11 is 0. The summed E-state index contributed by atoms with van der Waals surface area (Å²) in [4.78, 5) is 14.0. The number of carbonyl (C=O) groups is 1. The number of amides is 1. The Bertz CT molecular complexity index is 662. The highest BCUT2D eigenvalue weighted by Crippen LogP contribution is 2.24. The van der Waals surface area contributed by atoms with Crippen molar-refractivity contribution in [2.45, 2.75) is 78.7 Å². The largest absolute Gasteiger partial charge is 0.444 e. The van der Waals surface area contributed by atoms with Crippen molar-refractivity contribution in [3.8, 4) is 11.8 Å². The number of aliphatic hydroxyl groups excluding tert-OH is 1. The van der Waals surface area contributed by atoms with Gasteiger partial charge in [0.25, 0.3) is 0 Å². The van der Waals surface area contributed by atoms with Crippen LogP contribution in [0.3, 0.4) is 0 Å². The van der Waals surface area contributed by atoms with Gasteiger partial charge in [-0.3, -0.25) is 4.68 Å². The van der Waals surface area contributed by atoms with Gasteiger partial charge in [-0.1, -0.05) is 6.92 Å². The number of carbonyl (C=O) groups excluding carboxylic acids is 1. The van der Waals surface area contributed by atoms with Gasteiger partial charge in [-0.25, -0.2) is 4.79 Å². The van der Waals surface area contributed by atoms with Gasteiger partial charge >= 0.3 is 6.09 Å². The minimum atomic E-state index is -0.513. The second kappa shape index (κ2) is 8.39. The average Bonchev–Trinajstić information content (AvgIpc) is 2.89. The van der Waals surface area contributed by atoms with Gasteiger partial charge in [-0.15, -0.1) is 11.8 Å². The van der Waals surface area contributed by atoms with Crippen LogP contribution in [0.15, 0.2) is 0 Å². The number of ether oxygens (including phenoxy) is 1. The summed E-state index contributed by atoms with van der Waals surface area (Å²) < 4.78 is 7.33. The Balaban J connectivity index is 2.06. The van der Waals surface area contributed by atoms with Crippen LogP contribution in [-0.4, -0.2) is 38.0 Å². The predicted molar refractivity (Wildman–Crippen MR) is 95.8 cm³/mol. The molecule has 0 fully saturated rings. The fraction of sp³-hybridized carbons (Fsp3) is 0.684. The molecule has 0 saturated heterocycles. The normalized spacial score (nSPS) is 13.9. The number of unbranched alkanes of at least 4 members (excludes halogenated alkanes) is 1. The number of rotatable bonds is 4. The fourth-order valence-electron chi connectivity index (χ4n) is 2.86. The zero-order valence-corrected chi connectivity index (χ0v) is 15.8. The van der Waals surface area contributed by atoms with E-state index in [-0.39, 0.29) is 12.7 Å². The van der Waals surface area contributed by atoms with Crippen molar-refractivity contribution in [2.75, 3.05) is 6.54 Å². The second-order valence-electron chi connectivity index (χ2n) is 7.22. The molecular weight excluding hydrogens is 318 g/mol. The van der Waals surface area contributed by atoms with E-state index in [1.807, 2.05) is 32.4 Å². The topological polar surface area (TPSA) is 67.6 Å². The van der Waals surface area contributed by atoms with Gasteiger partial charge in [0.2, 0.25) is 0 Å². The molecule has 1 aromatic heterocycles. The Morgan fingerprint density at radius 1 is 1.36 bits per heavy atom. The third-order valence-corrected chi connectivity index (χ3v) is 3.99. The Kier molecular flexibility index (Phi) is 6.49. The summed E-state index contributed by atoms with van der Waals surface area (Å²) in [5, 5.41) is 14.4. The lowest BCUT2D eigenvalue weighted by Gasteiger charge is -2.29. The van der Waals surface area contributed by atoms with Gasteiger partial charge in [-0.2, -0.15) is 5.10 Å². The molecule has 0 aliphatic carbocycles. The van der Waals surface area contributed by atoms with Gasteiger partial charge in [0.1, 0.15) is 5.60 Å². The SMILES string of the molecule is CCC#CCCCn1nc2c(c1CO)CN(C(=O)OC(C)(C)C)CC2. The lowest BCUT2D eigenvalue weighted by atomic mass is 10.1. The molecular formula is C19H29N3O3. The van der Waals surface area contributed by atoms with E-state index in [2.05, 4.69) is 16.9 Å². The van der Waals surface area contributed by atoms with Gasteiger partial charge in [-0.05, 0) is 27.2 Å². The van der Waals surface area contributed by atoms with Crippen molar-refractivity contribution < 1.29 is 14.6 Å². The van der Waals surface area contributed by atoms with Crippen LogP contribution in [0.25, 0.3) is 0 Å². The van der Waals surface area contributed by atoms with Crippen molar-refractivity contribution in [3.05, 3.63) is 17.0 Å². The molecule has 0 bridgehead atoms. The average molecular weight is 347 g/mol. The van der Waals surface area contributed by atoms with Crippen LogP contribution < -0.4 is 0 Å². The van der Waals surface area contributed by atoms with E-state index < -0.39 is 5.60 Å². The van der Waals surface area contributed by atoms with Crippen molar-refractivity contribution in [1.82, 2.24) is 14.7 Å². The van der Waals surface area contributed by atoms with E-state index >= 15 is 0 Å². The fourth-order valence-corrected chi connectivity index (χ4v) is 2.86. The van der Waals surface area contributed by atoms with E-state index in [0.29, 0.717) is 19.5 Å². The number of nitrogens with zero attached hydrogens (tertiary/aromatic N) is 3. The minimum Gasteiger partial charge on any atom is -0.444 e. The molecule has 0 aromatic carbocycles. The lowest BCUT2D eigenvalue weighted by Crippen LogP contribution is -2.40. The van der Waals surface area contributed by atoms with Crippen LogP contribution in [0, 0.1) is 11.8 Å². The molecule has 0 radical (unpaired) electrons. The number of hydrogen-bond acceptors (Lipinski definition) is 4. The highest BCUT2D eigenvalue weighted by atomic mass is 16.6. The summed E-state index contributed by atoms with van der Waals surface area (Å²) in [7, 11) is 0. The van der Waals surface area contributed by atoms with Crippen LogP contribution >= 0.6 is 0 Å². The van der Waals surface area contributed by atoms with Crippen LogP contribution in [0.1, 0.15) is 63.9 Å². The zero-order valence-electron chi connectivity index (χ0n) is 15.8. The molecule has 1 aliphatic heterocycles. The highest BCUT2D eigenvalue weighted by Gasteiger charge is 2.29. The van der Waals surface area contributed by atoms with E-state index in [4.69, 9.17) is 4.74 Å². The molecule has 1 amide bonds. The lowest BCUT2D eigenvalue weighted by molar-refractivity contribution is 0.0222. The summed E-state index contributed by atoms with van der Waals surface area (Å²) in [6.07, 6.45) is 2.97. The summed E-state index contributed by atoms with van der Waals surface area (Å²) in [6.45, 7) is 9.30. The molecule has 6 heteroatoms. The predicted octanol–water partition coefficient (Wildman–Crippen LogP) is 2.86. The standard InChI is InChI=1S/C19H29N3O3/c1-5-6-7-8-9-11-22-17(14-23)15-13-21(12-10-16(15)20-22)18(24)25-19(2,3)4/h23H,5,8-14H2,1-4H3. The van der Waals surface area contributed by atoms with E-state index in [1.54, 1.807) is 4.90 Å². The van der Waals surface area contributed by atoms with E-state index in [1.165, 1.54) is 0 Å². The minimum absolute atomic E-state index is 0.0782. The maximum Gasteiger partial charge on any atom is 0.410 e. The number of aryl methyl sites for hydroxylation is 1. The van der Waals surface area contributed by atoms with Crippen molar-refractivity contribution in [2.24, 2.45) is 0 Å². The van der Waals surface area contributed by atoms with E-state index in [9.17, 15) is 9.90 Å². The van der Waals surface area contributed by atoms with Gasteiger partial charge < -0.3 is 14.7 Å². The second-order valence-corrected chi connectivity index (χ2v) is 7.22. The first kappa shape index (κ1) is 19.3. The van der Waals surface area contributed by atoms with Crippen LogP contribution in [0.5, 0.6) is 0 Å². The molecule has 1 aliphatic rings. The van der Waals surface area contributed by atoms with Gasteiger partial charge in [0.05, 0.1) is 24.5 Å². The maximum atomic E-state index is 12.3. The van der Waals surface area contributed by atoms with Crippen molar-refractivity contribution in [3.63, 3.8) is 0 Å². The molecule has 0 unspecified atom stereocenters. The smallest absolute Gasteiger partial charge is 0.410 e. The molecule has 6 nitrogen and oxygen atoms in total. The van der Waals surface area contributed by atoms with Gasteiger partial charge in [0, 0.05) is 37.9 Å². The molecule has 0 saturated carbocycles. The van der Waals surface area contributed by atoms with Gasteiger partial charge in [0.15, 0.2) is 0 Å². The third kappa shape index (κ3) is 5.23. The first-order chi connectivity index (χ1) is 11.9. The first-order valence-electron chi connectivity index (χ1n) is 8.97. The molecule has 25 heavy (non-hydrogen) atoms. The maximum absolute atomic E-state index is 12.3. The van der Waals surface area contributed by atoms with Crippen LogP contribution in [0.2, 0.25) is 0 Å². The number of aromatic nitrogens is 2. The Morgan fingerprint density at radius 3 is 2.76 bits per heavy atom. The Morgan fingerprint density at radius 2 is 2.12 bits per heavy atom. The van der Waals surface area contributed by atoms with Crippen LogP contribution in [0.4, 0.5) is 4.79 Å². The quantitative estimate of drug-likeness (QED) is 0.672. The molecule has 0 spiro atoms. The summed E-state index contributed by atoms with van der Waals surface area (Å²) in [5.74, 6) is 6.19. The monoisotopic (exact) mass is 347 g/mol. The molecule has 1 N–H and O–H groups in total. The molecule has 2 rings (SSSR count). The van der Waals surface area contributed by atoms with Crippen molar-refractivity contribution >= 4 is 6.09 Å².